The minimum absolute atomic E-state index is 0.116. The molecular weight excluding hydrogens is 246 g/mol. The van der Waals surface area contributed by atoms with Crippen LogP contribution in [0.5, 0.6) is 0 Å². The molecule has 66 valence electrons. The van der Waals surface area contributed by atoms with Crippen molar-refractivity contribution in [1.29, 1.82) is 0 Å². The summed E-state index contributed by atoms with van der Waals surface area (Å²) in [6.45, 7) is 0.215. The Morgan fingerprint density at radius 3 is 2.83 bits per heavy atom. The summed E-state index contributed by atoms with van der Waals surface area (Å²) < 4.78 is 18.7. The Balaban J connectivity index is 3.14. The molecule has 0 fully saturated rings. The van der Waals surface area contributed by atoms with Crippen molar-refractivity contribution in [3.05, 3.63) is 33.0 Å². The number of halogens is 3. The van der Waals surface area contributed by atoms with E-state index < -0.39 is 5.82 Å². The molecule has 1 aromatic carbocycles. The first-order valence-electron chi connectivity index (χ1n) is 3.28. The SMILES string of the molecule is COCc1c(Br)ccc(Cl)c1F. The van der Waals surface area contributed by atoms with Gasteiger partial charge in [0, 0.05) is 17.1 Å². The van der Waals surface area contributed by atoms with E-state index in [0.29, 0.717) is 10.0 Å². The number of hydrogen-bond donors (Lipinski definition) is 0. The average molecular weight is 253 g/mol. The molecule has 0 unspecified atom stereocenters. The molecule has 0 amide bonds. The first kappa shape index (κ1) is 9.96. The van der Waals surface area contributed by atoms with E-state index in [1.807, 2.05) is 0 Å². The van der Waals surface area contributed by atoms with E-state index >= 15 is 0 Å². The summed E-state index contributed by atoms with van der Waals surface area (Å²) in [5, 5.41) is 0.116. The normalized spacial score (nSPS) is 10.3. The molecular formula is C8H7BrClFO. The van der Waals surface area contributed by atoms with Gasteiger partial charge in [0.1, 0.15) is 5.82 Å². The fourth-order valence-electron chi connectivity index (χ4n) is 0.846. The maximum Gasteiger partial charge on any atom is 0.148 e. The van der Waals surface area contributed by atoms with Crippen molar-refractivity contribution in [3.63, 3.8) is 0 Å². The molecule has 0 spiro atoms. The van der Waals surface area contributed by atoms with E-state index in [4.69, 9.17) is 16.3 Å². The van der Waals surface area contributed by atoms with Gasteiger partial charge in [0.2, 0.25) is 0 Å². The van der Waals surface area contributed by atoms with Crippen molar-refractivity contribution in [2.45, 2.75) is 6.61 Å². The van der Waals surface area contributed by atoms with Crippen LogP contribution in [0.15, 0.2) is 16.6 Å². The Bertz CT molecular complexity index is 291. The van der Waals surface area contributed by atoms with E-state index in [2.05, 4.69) is 15.9 Å². The smallest absolute Gasteiger partial charge is 0.148 e. The zero-order chi connectivity index (χ0) is 9.14. The standard InChI is InChI=1S/C8H7BrClFO/c1-12-4-5-6(9)2-3-7(10)8(5)11/h2-3H,4H2,1H3. The van der Waals surface area contributed by atoms with Crippen molar-refractivity contribution >= 4 is 27.5 Å². The minimum Gasteiger partial charge on any atom is -0.380 e. The van der Waals surface area contributed by atoms with Crippen LogP contribution < -0.4 is 0 Å². The summed E-state index contributed by atoms with van der Waals surface area (Å²) in [6, 6.07) is 3.19. The number of rotatable bonds is 2. The Morgan fingerprint density at radius 2 is 2.25 bits per heavy atom. The molecule has 0 N–H and O–H groups in total. The van der Waals surface area contributed by atoms with Gasteiger partial charge in [-0.1, -0.05) is 27.5 Å². The molecule has 0 aliphatic rings. The summed E-state index contributed by atoms with van der Waals surface area (Å²) in [6.07, 6.45) is 0. The van der Waals surface area contributed by atoms with E-state index in [1.165, 1.54) is 13.2 Å². The summed E-state index contributed by atoms with van der Waals surface area (Å²) in [5.74, 6) is -0.423. The first-order valence-corrected chi connectivity index (χ1v) is 4.45. The van der Waals surface area contributed by atoms with Crippen LogP contribution in [0.3, 0.4) is 0 Å². The largest absolute Gasteiger partial charge is 0.380 e. The predicted molar refractivity (Wildman–Crippen MR) is 49.8 cm³/mol. The highest BCUT2D eigenvalue weighted by atomic mass is 79.9. The van der Waals surface area contributed by atoms with E-state index in [-0.39, 0.29) is 11.6 Å². The maximum absolute atomic E-state index is 13.2. The van der Waals surface area contributed by atoms with Gasteiger partial charge in [-0.3, -0.25) is 0 Å². The fraction of sp³-hybridized carbons (Fsp3) is 0.250. The summed E-state index contributed by atoms with van der Waals surface area (Å²) in [5.41, 5.74) is 0.449. The Morgan fingerprint density at radius 1 is 1.58 bits per heavy atom. The molecule has 0 saturated heterocycles. The zero-order valence-corrected chi connectivity index (χ0v) is 8.75. The van der Waals surface area contributed by atoms with Gasteiger partial charge in [-0.25, -0.2) is 4.39 Å². The average Bonchev–Trinajstić information content (AvgIpc) is 2.06. The van der Waals surface area contributed by atoms with Crippen LogP contribution in [-0.2, 0) is 11.3 Å². The summed E-state index contributed by atoms with van der Waals surface area (Å²) >= 11 is 8.77. The fourth-order valence-corrected chi connectivity index (χ4v) is 1.44. The van der Waals surface area contributed by atoms with Crippen LogP contribution in [0.2, 0.25) is 5.02 Å². The summed E-state index contributed by atoms with van der Waals surface area (Å²) in [4.78, 5) is 0. The lowest BCUT2D eigenvalue weighted by atomic mass is 10.2. The number of methoxy groups -OCH3 is 1. The molecule has 0 aromatic heterocycles. The predicted octanol–water partition coefficient (Wildman–Crippen LogP) is 3.39. The van der Waals surface area contributed by atoms with Gasteiger partial charge in [0.15, 0.2) is 0 Å². The second-order valence-electron chi connectivity index (χ2n) is 2.25. The minimum atomic E-state index is -0.423. The van der Waals surface area contributed by atoms with Crippen molar-refractivity contribution in [2.24, 2.45) is 0 Å². The molecule has 1 aromatic rings. The van der Waals surface area contributed by atoms with Crippen LogP contribution >= 0.6 is 27.5 Å². The van der Waals surface area contributed by atoms with Crippen molar-refractivity contribution in [2.75, 3.05) is 7.11 Å². The van der Waals surface area contributed by atoms with Gasteiger partial charge < -0.3 is 4.74 Å². The van der Waals surface area contributed by atoms with Gasteiger partial charge in [-0.2, -0.15) is 0 Å². The molecule has 0 radical (unpaired) electrons. The Hall–Kier alpha value is -0.120. The summed E-state index contributed by atoms with van der Waals surface area (Å²) in [7, 11) is 1.51. The van der Waals surface area contributed by atoms with Gasteiger partial charge in [0.25, 0.3) is 0 Å². The van der Waals surface area contributed by atoms with Gasteiger partial charge in [-0.15, -0.1) is 0 Å². The van der Waals surface area contributed by atoms with Gasteiger partial charge in [0.05, 0.1) is 11.6 Å². The Kier molecular flexibility index (Phi) is 3.50. The molecule has 1 rings (SSSR count). The second kappa shape index (κ2) is 4.21. The lowest BCUT2D eigenvalue weighted by Crippen LogP contribution is -1.94. The second-order valence-corrected chi connectivity index (χ2v) is 3.52. The molecule has 0 atom stereocenters. The van der Waals surface area contributed by atoms with Crippen LogP contribution in [-0.4, -0.2) is 7.11 Å². The molecule has 1 nitrogen and oxygen atoms in total. The highest BCUT2D eigenvalue weighted by molar-refractivity contribution is 9.10. The van der Waals surface area contributed by atoms with E-state index in [9.17, 15) is 4.39 Å². The van der Waals surface area contributed by atoms with Crippen LogP contribution in [0, 0.1) is 5.82 Å². The monoisotopic (exact) mass is 252 g/mol. The highest BCUT2D eigenvalue weighted by Gasteiger charge is 2.09. The van der Waals surface area contributed by atoms with Crippen molar-refractivity contribution < 1.29 is 9.13 Å². The Labute approximate surface area is 83.6 Å². The van der Waals surface area contributed by atoms with Crippen molar-refractivity contribution in [1.82, 2.24) is 0 Å². The lowest BCUT2D eigenvalue weighted by molar-refractivity contribution is 0.181. The molecule has 4 heteroatoms. The highest BCUT2D eigenvalue weighted by Crippen LogP contribution is 2.26. The zero-order valence-electron chi connectivity index (χ0n) is 6.40. The third-order valence-corrected chi connectivity index (χ3v) is 2.46. The molecule has 0 bridgehead atoms. The van der Waals surface area contributed by atoms with Crippen molar-refractivity contribution in [3.8, 4) is 0 Å². The quantitative estimate of drug-likeness (QED) is 0.734. The molecule has 0 aliphatic heterocycles. The van der Waals surface area contributed by atoms with E-state index in [1.54, 1.807) is 6.07 Å². The molecule has 0 aliphatic carbocycles. The molecule has 0 heterocycles. The topological polar surface area (TPSA) is 9.23 Å². The number of hydrogen-bond acceptors (Lipinski definition) is 1. The van der Waals surface area contributed by atoms with Crippen LogP contribution in [0.4, 0.5) is 4.39 Å². The molecule has 12 heavy (non-hydrogen) atoms. The van der Waals surface area contributed by atoms with Gasteiger partial charge >= 0.3 is 0 Å². The maximum atomic E-state index is 13.2. The number of ether oxygens (including phenoxy) is 1. The van der Waals surface area contributed by atoms with E-state index in [0.717, 1.165) is 0 Å². The first-order chi connectivity index (χ1) is 5.66. The van der Waals surface area contributed by atoms with Gasteiger partial charge in [-0.05, 0) is 12.1 Å². The lowest BCUT2D eigenvalue weighted by Gasteiger charge is -2.05. The third-order valence-electron chi connectivity index (χ3n) is 1.43. The van der Waals surface area contributed by atoms with Crippen LogP contribution in [0.25, 0.3) is 0 Å². The third kappa shape index (κ3) is 1.97. The molecule has 0 saturated carbocycles. The number of benzene rings is 1. The van der Waals surface area contributed by atoms with Crippen LogP contribution in [0.1, 0.15) is 5.56 Å².